The summed E-state index contributed by atoms with van der Waals surface area (Å²) in [7, 11) is 0. The summed E-state index contributed by atoms with van der Waals surface area (Å²) in [5.74, 6) is 1.38. The Morgan fingerprint density at radius 1 is 1.00 bits per heavy atom. The minimum Gasteiger partial charge on any atom is -0.508 e. The molecule has 1 atom stereocenters. The predicted molar refractivity (Wildman–Crippen MR) is 80.9 cm³/mol. The van der Waals surface area contributed by atoms with Crippen LogP contribution in [0.5, 0.6) is 5.75 Å². The van der Waals surface area contributed by atoms with Gasteiger partial charge in [0.2, 0.25) is 0 Å². The highest BCUT2D eigenvalue weighted by molar-refractivity contribution is 6.18. The van der Waals surface area contributed by atoms with Gasteiger partial charge in [0.25, 0.3) is 0 Å². The molecule has 0 amide bonds. The number of hydrogen-bond acceptors (Lipinski definition) is 1. The average molecular weight is 275 g/mol. The van der Waals surface area contributed by atoms with Crippen LogP contribution in [-0.4, -0.2) is 11.0 Å². The summed E-state index contributed by atoms with van der Waals surface area (Å²) in [5, 5.41) is 9.29. The monoisotopic (exact) mass is 274 g/mol. The summed E-state index contributed by atoms with van der Waals surface area (Å²) in [6, 6.07) is 15.8. The van der Waals surface area contributed by atoms with Gasteiger partial charge in [0.15, 0.2) is 0 Å². The summed E-state index contributed by atoms with van der Waals surface area (Å²) in [6.45, 7) is 2.14. The molecule has 1 unspecified atom stereocenters. The number of phenolic OH excluding ortho intramolecular Hbond substituents is 1. The average Bonchev–Trinajstić information content (AvgIpc) is 2.43. The zero-order valence-electron chi connectivity index (χ0n) is 11.1. The highest BCUT2D eigenvalue weighted by Gasteiger charge is 2.11. The van der Waals surface area contributed by atoms with E-state index in [0.717, 1.165) is 12.8 Å². The van der Waals surface area contributed by atoms with Crippen molar-refractivity contribution >= 4 is 11.6 Å². The molecule has 1 nitrogen and oxygen atoms in total. The standard InChI is InChI=1S/C17H19ClO/c1-13-4-2-3-5-16(13)11-15(12-18)10-14-6-8-17(19)9-7-14/h2-9,15,19H,10-12H2,1H3. The highest BCUT2D eigenvalue weighted by Crippen LogP contribution is 2.20. The third-order valence-corrected chi connectivity index (χ3v) is 3.89. The van der Waals surface area contributed by atoms with Crippen LogP contribution < -0.4 is 0 Å². The maximum atomic E-state index is 9.29. The zero-order valence-corrected chi connectivity index (χ0v) is 11.9. The smallest absolute Gasteiger partial charge is 0.115 e. The van der Waals surface area contributed by atoms with Crippen molar-refractivity contribution < 1.29 is 5.11 Å². The Labute approximate surface area is 119 Å². The molecule has 0 fully saturated rings. The van der Waals surface area contributed by atoms with Gasteiger partial charge in [-0.05, 0) is 54.5 Å². The van der Waals surface area contributed by atoms with Crippen LogP contribution in [0.15, 0.2) is 48.5 Å². The van der Waals surface area contributed by atoms with E-state index in [2.05, 4.69) is 31.2 Å². The number of hydrogen-bond donors (Lipinski definition) is 1. The summed E-state index contributed by atoms with van der Waals surface area (Å²) in [4.78, 5) is 0. The van der Waals surface area contributed by atoms with E-state index in [-0.39, 0.29) is 0 Å². The highest BCUT2D eigenvalue weighted by atomic mass is 35.5. The Bertz CT molecular complexity index is 519. The first-order valence-electron chi connectivity index (χ1n) is 6.57. The lowest BCUT2D eigenvalue weighted by molar-refractivity contribution is 0.474. The van der Waals surface area contributed by atoms with E-state index in [4.69, 9.17) is 11.6 Å². The Balaban J connectivity index is 2.05. The third kappa shape index (κ3) is 4.00. The molecule has 2 rings (SSSR count). The van der Waals surface area contributed by atoms with Gasteiger partial charge in [-0.1, -0.05) is 36.4 Å². The summed E-state index contributed by atoms with van der Waals surface area (Å²) < 4.78 is 0. The molecule has 0 bridgehead atoms. The van der Waals surface area contributed by atoms with E-state index in [1.165, 1.54) is 16.7 Å². The van der Waals surface area contributed by atoms with Gasteiger partial charge in [-0.3, -0.25) is 0 Å². The quantitative estimate of drug-likeness (QED) is 0.804. The van der Waals surface area contributed by atoms with Gasteiger partial charge in [0.05, 0.1) is 0 Å². The van der Waals surface area contributed by atoms with Crippen LogP contribution in [0.2, 0.25) is 0 Å². The van der Waals surface area contributed by atoms with Crippen molar-refractivity contribution in [2.75, 3.05) is 5.88 Å². The second-order valence-electron chi connectivity index (χ2n) is 5.02. The fourth-order valence-electron chi connectivity index (χ4n) is 2.30. The van der Waals surface area contributed by atoms with Crippen molar-refractivity contribution in [3.8, 4) is 5.75 Å². The van der Waals surface area contributed by atoms with Crippen LogP contribution in [0.1, 0.15) is 16.7 Å². The van der Waals surface area contributed by atoms with Crippen LogP contribution in [0.4, 0.5) is 0 Å². The topological polar surface area (TPSA) is 20.2 Å². The number of rotatable bonds is 5. The van der Waals surface area contributed by atoms with Crippen LogP contribution >= 0.6 is 11.6 Å². The third-order valence-electron chi connectivity index (χ3n) is 3.45. The lowest BCUT2D eigenvalue weighted by Gasteiger charge is -2.15. The van der Waals surface area contributed by atoms with Crippen LogP contribution in [0.3, 0.4) is 0 Å². The molecule has 0 aromatic heterocycles. The first-order valence-corrected chi connectivity index (χ1v) is 7.11. The van der Waals surface area contributed by atoms with E-state index in [1.54, 1.807) is 12.1 Å². The van der Waals surface area contributed by atoms with Gasteiger partial charge in [0, 0.05) is 5.88 Å². The maximum Gasteiger partial charge on any atom is 0.115 e. The molecule has 0 aliphatic heterocycles. The van der Waals surface area contributed by atoms with Crippen molar-refractivity contribution in [3.63, 3.8) is 0 Å². The Hall–Kier alpha value is -1.47. The van der Waals surface area contributed by atoms with E-state index < -0.39 is 0 Å². The molecular weight excluding hydrogens is 256 g/mol. The molecule has 0 heterocycles. The number of aromatic hydroxyl groups is 1. The largest absolute Gasteiger partial charge is 0.508 e. The van der Waals surface area contributed by atoms with Crippen LogP contribution in [0.25, 0.3) is 0 Å². The molecule has 2 aromatic rings. The number of phenols is 1. The predicted octanol–water partition coefficient (Wildman–Crippen LogP) is 4.34. The molecule has 0 spiro atoms. The summed E-state index contributed by atoms with van der Waals surface area (Å²) in [6.07, 6.45) is 1.94. The maximum absolute atomic E-state index is 9.29. The Morgan fingerprint density at radius 2 is 1.68 bits per heavy atom. The zero-order chi connectivity index (χ0) is 13.7. The normalized spacial score (nSPS) is 12.3. The van der Waals surface area contributed by atoms with Gasteiger partial charge in [0.1, 0.15) is 5.75 Å². The molecule has 100 valence electrons. The second kappa shape index (κ2) is 6.63. The SMILES string of the molecule is Cc1ccccc1CC(CCl)Cc1ccc(O)cc1. The van der Waals surface area contributed by atoms with Crippen molar-refractivity contribution in [1.29, 1.82) is 0 Å². The first-order chi connectivity index (χ1) is 9.19. The number of halogens is 1. The summed E-state index contributed by atoms with van der Waals surface area (Å²) >= 11 is 6.10. The van der Waals surface area contributed by atoms with Crippen LogP contribution in [0, 0.1) is 12.8 Å². The molecule has 0 aliphatic carbocycles. The lowest BCUT2D eigenvalue weighted by Crippen LogP contribution is -2.11. The molecule has 0 saturated carbocycles. The lowest BCUT2D eigenvalue weighted by atomic mass is 9.92. The van der Waals surface area contributed by atoms with Crippen LogP contribution in [-0.2, 0) is 12.8 Å². The van der Waals surface area contributed by atoms with Gasteiger partial charge >= 0.3 is 0 Å². The molecule has 19 heavy (non-hydrogen) atoms. The number of aryl methyl sites for hydroxylation is 1. The molecular formula is C17H19ClO. The molecule has 2 aromatic carbocycles. The van der Waals surface area contributed by atoms with E-state index in [0.29, 0.717) is 17.5 Å². The summed E-state index contributed by atoms with van der Waals surface area (Å²) in [5.41, 5.74) is 3.91. The van der Waals surface area contributed by atoms with Gasteiger partial charge in [-0.15, -0.1) is 11.6 Å². The van der Waals surface area contributed by atoms with E-state index >= 15 is 0 Å². The van der Waals surface area contributed by atoms with Gasteiger partial charge in [-0.2, -0.15) is 0 Å². The molecule has 2 heteroatoms. The molecule has 0 saturated heterocycles. The number of benzene rings is 2. The Morgan fingerprint density at radius 3 is 2.32 bits per heavy atom. The van der Waals surface area contributed by atoms with Crippen molar-refractivity contribution in [2.24, 2.45) is 5.92 Å². The van der Waals surface area contributed by atoms with Gasteiger partial charge in [-0.25, -0.2) is 0 Å². The molecule has 1 N–H and O–H groups in total. The Kier molecular flexibility index (Phi) is 4.86. The van der Waals surface area contributed by atoms with Crippen molar-refractivity contribution in [2.45, 2.75) is 19.8 Å². The fourth-order valence-corrected chi connectivity index (χ4v) is 2.51. The minimum atomic E-state index is 0.310. The molecule has 0 radical (unpaired) electrons. The van der Waals surface area contributed by atoms with E-state index in [9.17, 15) is 5.11 Å². The second-order valence-corrected chi connectivity index (χ2v) is 5.33. The molecule has 0 aliphatic rings. The van der Waals surface area contributed by atoms with E-state index in [1.807, 2.05) is 12.1 Å². The number of alkyl halides is 1. The van der Waals surface area contributed by atoms with Crippen molar-refractivity contribution in [1.82, 2.24) is 0 Å². The van der Waals surface area contributed by atoms with Gasteiger partial charge < -0.3 is 5.11 Å². The first kappa shape index (κ1) is 14.0. The fraction of sp³-hybridized carbons (Fsp3) is 0.294. The minimum absolute atomic E-state index is 0.310. The van der Waals surface area contributed by atoms with Crippen molar-refractivity contribution in [3.05, 3.63) is 65.2 Å².